The van der Waals surface area contributed by atoms with Crippen LogP contribution in [0.15, 0.2) is 6.07 Å². The molecule has 0 fully saturated rings. The van der Waals surface area contributed by atoms with Gasteiger partial charge in [0.1, 0.15) is 0 Å². The topological polar surface area (TPSA) is 55.1 Å². The molecule has 0 aliphatic rings. The van der Waals surface area contributed by atoms with E-state index in [1.807, 2.05) is 6.07 Å². The Morgan fingerprint density at radius 2 is 2.19 bits per heavy atom. The Hall–Kier alpha value is -1.03. The minimum absolute atomic E-state index is 0.0353. The first-order valence-corrected chi connectivity index (χ1v) is 6.44. The van der Waals surface area contributed by atoms with Crippen LogP contribution >= 0.6 is 11.3 Å². The van der Waals surface area contributed by atoms with Crippen LogP contribution in [0.5, 0.6) is 0 Å². The van der Waals surface area contributed by atoms with Gasteiger partial charge in [0.15, 0.2) is 5.78 Å². The van der Waals surface area contributed by atoms with Crippen LogP contribution in [0.3, 0.4) is 0 Å². The van der Waals surface area contributed by atoms with E-state index < -0.39 is 0 Å². The molecule has 90 valence electrons. The monoisotopic (exact) mass is 240 g/mol. The molecule has 0 amide bonds. The fourth-order valence-corrected chi connectivity index (χ4v) is 2.61. The Kier molecular flexibility index (Phi) is 4.35. The Morgan fingerprint density at radius 3 is 2.56 bits per heavy atom. The van der Waals surface area contributed by atoms with Gasteiger partial charge in [-0.25, -0.2) is 0 Å². The van der Waals surface area contributed by atoms with Crippen molar-refractivity contribution in [3.63, 3.8) is 0 Å². The molecule has 0 saturated heterocycles. The quantitative estimate of drug-likeness (QED) is 0.776. The van der Waals surface area contributed by atoms with Gasteiger partial charge in [0, 0.05) is 13.0 Å². The number of hydrogen-bond acceptors (Lipinski definition) is 4. The predicted octanol–water partition coefficient (Wildman–Crippen LogP) is 3.38. The Morgan fingerprint density at radius 1 is 1.56 bits per heavy atom. The molecule has 0 radical (unpaired) electrons. The van der Waals surface area contributed by atoms with Crippen LogP contribution in [0.2, 0.25) is 0 Å². The molecule has 4 heteroatoms. The molecule has 0 spiro atoms. The normalized spacial score (nSPS) is 12.8. The van der Waals surface area contributed by atoms with Crippen molar-refractivity contribution in [3.8, 4) is 0 Å². The van der Waals surface area contributed by atoms with Gasteiger partial charge in [-0.15, -0.1) is 11.3 Å². The van der Waals surface area contributed by atoms with E-state index in [-0.39, 0.29) is 5.78 Å². The van der Waals surface area contributed by atoms with Crippen molar-refractivity contribution in [2.45, 2.75) is 40.2 Å². The predicted molar refractivity (Wildman–Crippen MR) is 71.3 cm³/mol. The van der Waals surface area contributed by atoms with Gasteiger partial charge in [0.25, 0.3) is 0 Å². The molecule has 0 aliphatic carbocycles. The molecule has 1 heterocycles. The highest BCUT2D eigenvalue weighted by molar-refractivity contribution is 7.18. The third kappa shape index (κ3) is 2.98. The summed E-state index contributed by atoms with van der Waals surface area (Å²) in [4.78, 5) is 11.9. The molecule has 1 rings (SSSR count). The number of hydrogen-bond donors (Lipinski definition) is 2. The van der Waals surface area contributed by atoms with E-state index in [1.165, 1.54) is 11.3 Å². The van der Waals surface area contributed by atoms with Crippen LogP contribution in [0.4, 0.5) is 10.7 Å². The van der Waals surface area contributed by atoms with E-state index in [9.17, 15) is 4.79 Å². The number of rotatable bonds is 5. The van der Waals surface area contributed by atoms with Crippen molar-refractivity contribution in [2.75, 3.05) is 11.1 Å². The van der Waals surface area contributed by atoms with Crippen molar-refractivity contribution >= 4 is 27.8 Å². The van der Waals surface area contributed by atoms with Crippen molar-refractivity contribution < 1.29 is 4.79 Å². The van der Waals surface area contributed by atoms with Gasteiger partial charge in [-0.05, 0) is 18.4 Å². The molecule has 0 aliphatic heterocycles. The van der Waals surface area contributed by atoms with Crippen molar-refractivity contribution in [3.05, 3.63) is 10.9 Å². The highest BCUT2D eigenvalue weighted by Gasteiger charge is 2.15. The zero-order valence-electron chi connectivity index (χ0n) is 10.3. The largest absolute Gasteiger partial charge is 0.397 e. The van der Waals surface area contributed by atoms with Gasteiger partial charge in [-0.2, -0.15) is 0 Å². The third-order valence-corrected chi connectivity index (χ3v) is 3.84. The van der Waals surface area contributed by atoms with Gasteiger partial charge >= 0.3 is 0 Å². The average molecular weight is 240 g/mol. The van der Waals surface area contributed by atoms with Gasteiger partial charge in [0.2, 0.25) is 0 Å². The van der Waals surface area contributed by atoms with E-state index in [0.29, 0.717) is 22.5 Å². The standard InChI is InChI=1S/C12H20N2OS/c1-5-10(7(2)3)14-11-6-9(13)12(16-11)8(4)15/h6-7,10,14H,5,13H2,1-4H3. The maximum atomic E-state index is 11.3. The molecule has 0 bridgehead atoms. The van der Waals surface area contributed by atoms with Crippen molar-refractivity contribution in [1.82, 2.24) is 0 Å². The number of nitrogen functional groups attached to an aromatic ring is 1. The molecule has 3 nitrogen and oxygen atoms in total. The summed E-state index contributed by atoms with van der Waals surface area (Å²) in [6, 6.07) is 2.28. The van der Waals surface area contributed by atoms with Crippen LogP contribution in [0, 0.1) is 5.92 Å². The maximum absolute atomic E-state index is 11.3. The van der Waals surface area contributed by atoms with E-state index >= 15 is 0 Å². The second-order valence-corrected chi connectivity index (χ2v) is 5.41. The second kappa shape index (κ2) is 5.34. The van der Waals surface area contributed by atoms with Gasteiger partial charge in [-0.1, -0.05) is 20.8 Å². The lowest BCUT2D eigenvalue weighted by molar-refractivity contribution is 0.102. The summed E-state index contributed by atoms with van der Waals surface area (Å²) >= 11 is 1.44. The molecule has 16 heavy (non-hydrogen) atoms. The smallest absolute Gasteiger partial charge is 0.171 e. The summed E-state index contributed by atoms with van der Waals surface area (Å²) in [5, 5.41) is 4.42. The van der Waals surface area contributed by atoms with Gasteiger partial charge in [-0.3, -0.25) is 4.79 Å². The van der Waals surface area contributed by atoms with Crippen molar-refractivity contribution in [2.24, 2.45) is 5.92 Å². The highest BCUT2D eigenvalue weighted by Crippen LogP contribution is 2.30. The molecule has 1 atom stereocenters. The lowest BCUT2D eigenvalue weighted by Crippen LogP contribution is -2.23. The first kappa shape index (κ1) is 13.0. The molecule has 1 unspecified atom stereocenters. The number of nitrogens with one attached hydrogen (secondary N) is 1. The van der Waals surface area contributed by atoms with Crippen molar-refractivity contribution in [1.29, 1.82) is 0 Å². The summed E-state index contributed by atoms with van der Waals surface area (Å²) in [7, 11) is 0. The molecular weight excluding hydrogens is 220 g/mol. The Labute approximate surface area is 101 Å². The number of thiophene rings is 1. The van der Waals surface area contributed by atoms with E-state index in [2.05, 4.69) is 26.1 Å². The lowest BCUT2D eigenvalue weighted by atomic mass is 10.0. The van der Waals surface area contributed by atoms with Crippen LogP contribution < -0.4 is 11.1 Å². The van der Waals surface area contributed by atoms with Crippen LogP contribution in [0.25, 0.3) is 0 Å². The fraction of sp³-hybridized carbons (Fsp3) is 0.583. The molecular formula is C12H20N2OS. The maximum Gasteiger partial charge on any atom is 0.171 e. The molecule has 0 aromatic carbocycles. The SMILES string of the molecule is CCC(Nc1cc(N)c(C(C)=O)s1)C(C)C. The third-order valence-electron chi connectivity index (χ3n) is 2.65. The van der Waals surface area contributed by atoms with E-state index in [1.54, 1.807) is 6.92 Å². The van der Waals surface area contributed by atoms with Gasteiger partial charge < -0.3 is 11.1 Å². The van der Waals surface area contributed by atoms with E-state index in [0.717, 1.165) is 11.4 Å². The number of carbonyl (C=O) groups is 1. The summed E-state index contributed by atoms with van der Waals surface area (Å²) in [6.07, 6.45) is 1.06. The zero-order chi connectivity index (χ0) is 12.3. The van der Waals surface area contributed by atoms with Crippen LogP contribution in [-0.4, -0.2) is 11.8 Å². The summed E-state index contributed by atoms with van der Waals surface area (Å²) in [5.41, 5.74) is 6.37. The minimum Gasteiger partial charge on any atom is -0.397 e. The number of ketones is 1. The number of anilines is 2. The zero-order valence-corrected chi connectivity index (χ0v) is 11.1. The lowest BCUT2D eigenvalue weighted by Gasteiger charge is -2.20. The Balaban J connectivity index is 2.82. The summed E-state index contributed by atoms with van der Waals surface area (Å²) in [6.45, 7) is 8.07. The van der Waals surface area contributed by atoms with Crippen LogP contribution in [-0.2, 0) is 0 Å². The first-order valence-electron chi connectivity index (χ1n) is 5.62. The summed E-state index contributed by atoms with van der Waals surface area (Å²) in [5.74, 6) is 0.599. The van der Waals surface area contributed by atoms with E-state index in [4.69, 9.17) is 5.73 Å². The number of carbonyl (C=O) groups excluding carboxylic acids is 1. The average Bonchev–Trinajstić information content (AvgIpc) is 2.55. The summed E-state index contributed by atoms with van der Waals surface area (Å²) < 4.78 is 0. The number of nitrogens with two attached hydrogens (primary N) is 1. The second-order valence-electron chi connectivity index (χ2n) is 4.35. The first-order chi connectivity index (χ1) is 7.45. The molecule has 3 N–H and O–H groups in total. The molecule has 1 aromatic rings. The number of Topliss-reactive ketones (excluding diaryl/α,β-unsaturated/α-hetero) is 1. The molecule has 0 saturated carbocycles. The Bertz CT molecular complexity index is 371. The minimum atomic E-state index is 0.0353. The van der Waals surface area contributed by atoms with Gasteiger partial charge in [0.05, 0.1) is 15.6 Å². The fourth-order valence-electron chi connectivity index (χ4n) is 1.67. The highest BCUT2D eigenvalue weighted by atomic mass is 32.1. The molecule has 1 aromatic heterocycles. The van der Waals surface area contributed by atoms with Crippen LogP contribution in [0.1, 0.15) is 43.8 Å².